The Morgan fingerprint density at radius 1 is 0.964 bits per heavy atom. The molecule has 28 heavy (non-hydrogen) atoms. The average molecular weight is 394 g/mol. The van der Waals surface area contributed by atoms with E-state index in [2.05, 4.69) is 17.4 Å². The Labute approximate surface area is 168 Å². The normalized spacial score (nSPS) is 10.2. The zero-order chi connectivity index (χ0) is 19.8. The van der Waals surface area contributed by atoms with Crippen molar-refractivity contribution in [3.63, 3.8) is 0 Å². The number of rotatable bonds is 9. The summed E-state index contributed by atoms with van der Waals surface area (Å²) in [6.07, 6.45) is 0. The molecule has 3 aromatic rings. The monoisotopic (exact) mass is 394 g/mol. The van der Waals surface area contributed by atoms with Crippen LogP contribution in [0.15, 0.2) is 72.6 Å². The summed E-state index contributed by atoms with van der Waals surface area (Å²) in [6.45, 7) is 6.91. The van der Waals surface area contributed by atoms with E-state index < -0.39 is 0 Å². The Morgan fingerprint density at radius 3 is 2.25 bits per heavy atom. The molecule has 0 aliphatic carbocycles. The van der Waals surface area contributed by atoms with E-state index in [0.717, 1.165) is 21.9 Å². The number of hydrogen-bond acceptors (Lipinski definition) is 5. The van der Waals surface area contributed by atoms with Gasteiger partial charge in [-0.1, -0.05) is 24.8 Å². The maximum atomic E-state index is 12.2. The standard InChI is InChI=1S/C22H22N2O3S/c1-3-26-19-10-12-20(13-11-19)27-15-17-6-8-18(9-7-17)22(25)24-23-16(2)21-5-4-14-28-21/h4-14,23H,2-3,15H2,1H3,(H,24,25). The molecule has 0 bridgehead atoms. The lowest BCUT2D eigenvalue weighted by Crippen LogP contribution is -2.35. The molecule has 0 spiro atoms. The van der Waals surface area contributed by atoms with Crippen LogP contribution in [0.4, 0.5) is 0 Å². The van der Waals surface area contributed by atoms with Crippen molar-refractivity contribution in [2.24, 2.45) is 0 Å². The minimum absolute atomic E-state index is 0.225. The van der Waals surface area contributed by atoms with Gasteiger partial charge in [-0.15, -0.1) is 11.3 Å². The van der Waals surface area contributed by atoms with Crippen LogP contribution < -0.4 is 20.3 Å². The van der Waals surface area contributed by atoms with Crippen molar-refractivity contribution < 1.29 is 14.3 Å². The first-order valence-electron chi connectivity index (χ1n) is 8.89. The highest BCUT2D eigenvalue weighted by Gasteiger charge is 2.07. The Morgan fingerprint density at radius 2 is 1.64 bits per heavy atom. The van der Waals surface area contributed by atoms with Crippen molar-refractivity contribution in [1.29, 1.82) is 0 Å². The summed E-state index contributed by atoms with van der Waals surface area (Å²) in [5.41, 5.74) is 7.68. The Hall–Kier alpha value is -3.25. The molecular weight excluding hydrogens is 372 g/mol. The molecule has 144 valence electrons. The first-order valence-corrected chi connectivity index (χ1v) is 9.77. The van der Waals surface area contributed by atoms with Crippen LogP contribution in [0.5, 0.6) is 11.5 Å². The Balaban J connectivity index is 1.48. The topological polar surface area (TPSA) is 59.6 Å². The molecule has 0 saturated heterocycles. The van der Waals surface area contributed by atoms with E-state index in [4.69, 9.17) is 9.47 Å². The fraction of sp³-hybridized carbons (Fsp3) is 0.136. The summed E-state index contributed by atoms with van der Waals surface area (Å²) in [4.78, 5) is 13.2. The van der Waals surface area contributed by atoms with Gasteiger partial charge < -0.3 is 9.47 Å². The van der Waals surface area contributed by atoms with Crippen LogP contribution in [0.3, 0.4) is 0 Å². The van der Waals surface area contributed by atoms with Gasteiger partial charge in [0, 0.05) is 5.56 Å². The van der Waals surface area contributed by atoms with Crippen LogP contribution >= 0.6 is 11.3 Å². The number of benzene rings is 2. The first-order chi connectivity index (χ1) is 13.7. The average Bonchev–Trinajstić information content (AvgIpc) is 3.27. The van der Waals surface area contributed by atoms with Crippen molar-refractivity contribution in [3.05, 3.63) is 88.6 Å². The molecule has 2 aromatic carbocycles. The molecule has 0 atom stereocenters. The maximum Gasteiger partial charge on any atom is 0.269 e. The van der Waals surface area contributed by atoms with Gasteiger partial charge in [0.25, 0.3) is 5.91 Å². The molecule has 0 radical (unpaired) electrons. The zero-order valence-corrected chi connectivity index (χ0v) is 16.4. The number of ether oxygens (including phenoxy) is 2. The van der Waals surface area contributed by atoms with E-state index in [1.807, 2.05) is 60.8 Å². The fourth-order valence-electron chi connectivity index (χ4n) is 2.43. The van der Waals surface area contributed by atoms with Crippen LogP contribution in [0, 0.1) is 0 Å². The van der Waals surface area contributed by atoms with Gasteiger partial charge in [-0.3, -0.25) is 15.6 Å². The van der Waals surface area contributed by atoms with E-state index >= 15 is 0 Å². The largest absolute Gasteiger partial charge is 0.494 e. The van der Waals surface area contributed by atoms with Crippen molar-refractivity contribution >= 4 is 22.9 Å². The Kier molecular flexibility index (Phi) is 6.70. The van der Waals surface area contributed by atoms with Gasteiger partial charge in [-0.05, 0) is 60.3 Å². The summed E-state index contributed by atoms with van der Waals surface area (Å²) in [7, 11) is 0. The predicted molar refractivity (Wildman–Crippen MR) is 112 cm³/mol. The van der Waals surface area contributed by atoms with Crippen LogP contribution in [0.25, 0.3) is 5.70 Å². The molecular formula is C22H22N2O3S. The molecule has 2 N–H and O–H groups in total. The van der Waals surface area contributed by atoms with E-state index in [-0.39, 0.29) is 5.91 Å². The van der Waals surface area contributed by atoms with Gasteiger partial charge in [-0.2, -0.15) is 0 Å². The lowest BCUT2D eigenvalue weighted by molar-refractivity contribution is 0.0942. The molecule has 0 aliphatic heterocycles. The third-order valence-corrected chi connectivity index (χ3v) is 4.83. The highest BCUT2D eigenvalue weighted by molar-refractivity contribution is 7.11. The van der Waals surface area contributed by atoms with Crippen LogP contribution in [-0.4, -0.2) is 12.5 Å². The number of thiophene rings is 1. The van der Waals surface area contributed by atoms with Gasteiger partial charge in [0.05, 0.1) is 17.2 Å². The molecule has 1 heterocycles. The van der Waals surface area contributed by atoms with Gasteiger partial charge in [-0.25, -0.2) is 0 Å². The third-order valence-electron chi connectivity index (χ3n) is 3.90. The van der Waals surface area contributed by atoms with E-state index in [9.17, 15) is 4.79 Å². The number of hydrogen-bond donors (Lipinski definition) is 2. The summed E-state index contributed by atoms with van der Waals surface area (Å²) in [5, 5.41) is 1.96. The second-order valence-corrected chi connectivity index (χ2v) is 6.87. The smallest absolute Gasteiger partial charge is 0.269 e. The summed E-state index contributed by atoms with van der Waals surface area (Å²) >= 11 is 1.55. The minimum Gasteiger partial charge on any atom is -0.494 e. The fourth-order valence-corrected chi connectivity index (χ4v) is 3.09. The molecule has 0 saturated carbocycles. The second kappa shape index (κ2) is 9.62. The quantitative estimate of drug-likeness (QED) is 0.520. The van der Waals surface area contributed by atoms with Crippen LogP contribution in [-0.2, 0) is 6.61 Å². The first kappa shape index (κ1) is 19.5. The number of hydrazine groups is 1. The van der Waals surface area contributed by atoms with Crippen LogP contribution in [0.1, 0.15) is 27.7 Å². The molecule has 0 unspecified atom stereocenters. The summed E-state index contributed by atoms with van der Waals surface area (Å²) < 4.78 is 11.2. The van der Waals surface area contributed by atoms with Gasteiger partial charge in [0.15, 0.2) is 0 Å². The highest BCUT2D eigenvalue weighted by Crippen LogP contribution is 2.19. The molecule has 3 rings (SSSR count). The molecule has 5 nitrogen and oxygen atoms in total. The molecule has 1 aromatic heterocycles. The van der Waals surface area contributed by atoms with Gasteiger partial charge in [0.2, 0.25) is 0 Å². The molecule has 0 fully saturated rings. The van der Waals surface area contributed by atoms with E-state index in [1.165, 1.54) is 0 Å². The summed E-state index contributed by atoms with van der Waals surface area (Å²) in [5.74, 6) is 1.36. The van der Waals surface area contributed by atoms with Gasteiger partial charge in [0.1, 0.15) is 18.1 Å². The SMILES string of the molecule is C=C(NNC(=O)c1ccc(COc2ccc(OCC)cc2)cc1)c1cccs1. The summed E-state index contributed by atoms with van der Waals surface area (Å²) in [6, 6.07) is 18.7. The van der Waals surface area contributed by atoms with Crippen molar-refractivity contribution in [1.82, 2.24) is 10.9 Å². The van der Waals surface area contributed by atoms with E-state index in [1.54, 1.807) is 23.5 Å². The molecule has 1 amide bonds. The van der Waals surface area contributed by atoms with Crippen molar-refractivity contribution in [2.45, 2.75) is 13.5 Å². The molecule has 0 aliphatic rings. The van der Waals surface area contributed by atoms with Gasteiger partial charge >= 0.3 is 0 Å². The van der Waals surface area contributed by atoms with E-state index in [0.29, 0.717) is 24.5 Å². The van der Waals surface area contributed by atoms with Crippen molar-refractivity contribution in [3.8, 4) is 11.5 Å². The maximum absolute atomic E-state index is 12.2. The second-order valence-electron chi connectivity index (χ2n) is 5.92. The number of carbonyl (C=O) groups is 1. The van der Waals surface area contributed by atoms with Crippen molar-refractivity contribution in [2.75, 3.05) is 6.61 Å². The highest BCUT2D eigenvalue weighted by atomic mass is 32.1. The zero-order valence-electron chi connectivity index (χ0n) is 15.6. The number of nitrogens with one attached hydrogen (secondary N) is 2. The molecule has 6 heteroatoms. The van der Waals surface area contributed by atoms with Crippen LogP contribution in [0.2, 0.25) is 0 Å². The number of amides is 1. The lowest BCUT2D eigenvalue weighted by atomic mass is 10.1. The minimum atomic E-state index is -0.225. The number of carbonyl (C=O) groups excluding carboxylic acids is 1. The lowest BCUT2D eigenvalue weighted by Gasteiger charge is -2.11. The Bertz CT molecular complexity index is 904. The predicted octanol–water partition coefficient (Wildman–Crippen LogP) is 4.63. The third kappa shape index (κ3) is 5.37.